The second-order valence-corrected chi connectivity index (χ2v) is 8.27. The van der Waals surface area contributed by atoms with Gasteiger partial charge in [0.15, 0.2) is 17.6 Å². The molecule has 1 saturated heterocycles. The molecular formula is C21H34FIN6O. The summed E-state index contributed by atoms with van der Waals surface area (Å²) >= 11 is 0. The highest BCUT2D eigenvalue weighted by Crippen LogP contribution is 2.39. The van der Waals surface area contributed by atoms with E-state index in [-0.39, 0.29) is 47.2 Å². The van der Waals surface area contributed by atoms with Gasteiger partial charge in [-0.2, -0.15) is 0 Å². The van der Waals surface area contributed by atoms with Gasteiger partial charge in [0.25, 0.3) is 0 Å². The molecule has 0 spiro atoms. The average molecular weight is 532 g/mol. The number of carbonyl (C=O) groups excluding carboxylic acids is 1. The first-order valence-electron chi connectivity index (χ1n) is 10.6. The van der Waals surface area contributed by atoms with E-state index in [0.29, 0.717) is 18.9 Å². The smallest absolute Gasteiger partial charge is 0.230 e. The van der Waals surface area contributed by atoms with Crippen molar-refractivity contribution in [3.05, 3.63) is 24.1 Å². The van der Waals surface area contributed by atoms with Crippen molar-refractivity contribution in [2.75, 3.05) is 45.2 Å². The van der Waals surface area contributed by atoms with Gasteiger partial charge in [-0.15, -0.1) is 24.0 Å². The first kappa shape index (κ1) is 24.6. The molecule has 9 heteroatoms. The topological polar surface area (TPSA) is 72.9 Å². The maximum atomic E-state index is 14.0. The Morgan fingerprint density at radius 2 is 2.13 bits per heavy atom. The number of anilines is 1. The van der Waals surface area contributed by atoms with E-state index >= 15 is 0 Å². The van der Waals surface area contributed by atoms with E-state index in [1.54, 1.807) is 17.2 Å². The molecule has 168 valence electrons. The summed E-state index contributed by atoms with van der Waals surface area (Å²) < 4.78 is 14.0. The van der Waals surface area contributed by atoms with Crippen molar-refractivity contribution in [3.8, 4) is 0 Å². The van der Waals surface area contributed by atoms with Gasteiger partial charge in [0.1, 0.15) is 0 Å². The van der Waals surface area contributed by atoms with Crippen LogP contribution in [0.4, 0.5) is 10.2 Å². The molecule has 1 amide bonds. The number of aliphatic imine (C=N–C) groups is 1. The van der Waals surface area contributed by atoms with Crippen LogP contribution in [-0.4, -0.2) is 68.1 Å². The molecule has 0 radical (unpaired) electrons. The van der Waals surface area contributed by atoms with Crippen LogP contribution in [-0.2, 0) is 4.79 Å². The van der Waals surface area contributed by atoms with E-state index in [9.17, 15) is 9.18 Å². The fraction of sp³-hybridized carbons (Fsp3) is 0.667. The average Bonchev–Trinajstić information content (AvgIpc) is 3.36. The lowest BCUT2D eigenvalue weighted by Crippen LogP contribution is -2.46. The third-order valence-electron chi connectivity index (χ3n) is 5.87. The molecule has 2 heterocycles. The van der Waals surface area contributed by atoms with Gasteiger partial charge in [0.2, 0.25) is 5.91 Å². The van der Waals surface area contributed by atoms with Gasteiger partial charge in [0.05, 0.1) is 12.0 Å². The zero-order valence-electron chi connectivity index (χ0n) is 18.2. The molecule has 1 saturated carbocycles. The van der Waals surface area contributed by atoms with Crippen molar-refractivity contribution in [2.45, 2.75) is 45.1 Å². The SMILES string of the molecule is CCNC(=NCC1(C(=O)N(C)C)CCCC1)NC1CCN(c2ncccc2F)C1.I. The molecular weight excluding hydrogens is 498 g/mol. The predicted molar refractivity (Wildman–Crippen MR) is 129 cm³/mol. The van der Waals surface area contributed by atoms with E-state index in [1.807, 2.05) is 25.9 Å². The summed E-state index contributed by atoms with van der Waals surface area (Å²) in [6.07, 6.45) is 6.43. The third-order valence-corrected chi connectivity index (χ3v) is 5.87. The summed E-state index contributed by atoms with van der Waals surface area (Å²) in [5.74, 6) is 1.00. The maximum absolute atomic E-state index is 14.0. The van der Waals surface area contributed by atoms with Crippen LogP contribution in [0.2, 0.25) is 0 Å². The van der Waals surface area contributed by atoms with Crippen LogP contribution in [0.5, 0.6) is 0 Å². The minimum atomic E-state index is -0.384. The van der Waals surface area contributed by atoms with Crippen molar-refractivity contribution < 1.29 is 9.18 Å². The Bertz CT molecular complexity index is 738. The zero-order chi connectivity index (χ0) is 20.9. The van der Waals surface area contributed by atoms with Crippen LogP contribution in [0.1, 0.15) is 39.0 Å². The molecule has 2 fully saturated rings. The number of amides is 1. The monoisotopic (exact) mass is 532 g/mol. The van der Waals surface area contributed by atoms with Crippen molar-refractivity contribution in [3.63, 3.8) is 0 Å². The zero-order valence-corrected chi connectivity index (χ0v) is 20.5. The normalized spacial score (nSPS) is 20.6. The Balaban J connectivity index is 0.00000320. The van der Waals surface area contributed by atoms with E-state index in [4.69, 9.17) is 4.99 Å². The van der Waals surface area contributed by atoms with Crippen molar-refractivity contribution in [1.29, 1.82) is 0 Å². The van der Waals surface area contributed by atoms with Gasteiger partial charge < -0.3 is 20.4 Å². The molecule has 2 N–H and O–H groups in total. The molecule has 0 aromatic carbocycles. The summed E-state index contributed by atoms with van der Waals surface area (Å²) in [6.45, 7) is 4.67. The van der Waals surface area contributed by atoms with Gasteiger partial charge in [-0.1, -0.05) is 12.8 Å². The molecule has 1 aromatic heterocycles. The summed E-state index contributed by atoms with van der Waals surface area (Å²) in [4.78, 5) is 25.4. The summed E-state index contributed by atoms with van der Waals surface area (Å²) in [7, 11) is 3.64. The number of hydrogen-bond acceptors (Lipinski definition) is 4. The number of halogens is 2. The predicted octanol–water partition coefficient (Wildman–Crippen LogP) is 2.62. The number of rotatable bonds is 6. The molecule has 7 nitrogen and oxygen atoms in total. The molecule has 1 aliphatic carbocycles. The number of nitrogens with one attached hydrogen (secondary N) is 2. The molecule has 0 bridgehead atoms. The number of aromatic nitrogens is 1. The number of guanidine groups is 1. The largest absolute Gasteiger partial charge is 0.357 e. The highest BCUT2D eigenvalue weighted by Gasteiger charge is 2.42. The molecule has 1 atom stereocenters. The summed E-state index contributed by atoms with van der Waals surface area (Å²) in [6, 6.07) is 3.20. The number of pyridine rings is 1. The van der Waals surface area contributed by atoms with Gasteiger partial charge in [-0.25, -0.2) is 9.37 Å². The highest BCUT2D eigenvalue weighted by atomic mass is 127. The van der Waals surface area contributed by atoms with Crippen LogP contribution >= 0.6 is 24.0 Å². The first-order valence-corrected chi connectivity index (χ1v) is 10.6. The summed E-state index contributed by atoms with van der Waals surface area (Å²) in [5.41, 5.74) is -0.384. The fourth-order valence-electron chi connectivity index (χ4n) is 4.39. The number of nitrogens with zero attached hydrogens (tertiary/aromatic N) is 4. The lowest BCUT2D eigenvalue weighted by Gasteiger charge is -2.29. The van der Waals surface area contributed by atoms with Gasteiger partial charge in [-0.3, -0.25) is 9.79 Å². The Labute approximate surface area is 195 Å². The first-order chi connectivity index (χ1) is 13.9. The Hall–Kier alpha value is -1.65. The van der Waals surface area contributed by atoms with Crippen molar-refractivity contribution in [1.82, 2.24) is 20.5 Å². The van der Waals surface area contributed by atoms with Crippen LogP contribution in [0, 0.1) is 11.2 Å². The quantitative estimate of drug-likeness (QED) is 0.335. The van der Waals surface area contributed by atoms with Crippen LogP contribution in [0.15, 0.2) is 23.3 Å². The lowest BCUT2D eigenvalue weighted by molar-refractivity contribution is -0.138. The highest BCUT2D eigenvalue weighted by molar-refractivity contribution is 14.0. The van der Waals surface area contributed by atoms with E-state index < -0.39 is 0 Å². The minimum Gasteiger partial charge on any atom is -0.357 e. The standard InChI is InChI=1S/C21H33FN6O.HI/c1-4-23-20(25-15-21(10-5-6-11-21)19(29)27(2)3)26-16-9-13-28(14-16)18-17(22)8-7-12-24-18;/h7-8,12,16H,4-6,9-11,13-15H2,1-3H3,(H2,23,25,26);1H. The molecule has 3 rings (SSSR count). The third kappa shape index (κ3) is 5.73. The number of carbonyl (C=O) groups is 1. The van der Waals surface area contributed by atoms with E-state index in [0.717, 1.165) is 51.2 Å². The van der Waals surface area contributed by atoms with Crippen LogP contribution in [0.25, 0.3) is 0 Å². The Kier molecular flexibility index (Phi) is 9.11. The molecule has 30 heavy (non-hydrogen) atoms. The lowest BCUT2D eigenvalue weighted by atomic mass is 9.85. The second-order valence-electron chi connectivity index (χ2n) is 8.27. The number of hydrogen-bond donors (Lipinski definition) is 2. The van der Waals surface area contributed by atoms with Crippen molar-refractivity contribution in [2.24, 2.45) is 10.4 Å². The molecule has 1 aromatic rings. The molecule has 2 aliphatic rings. The fourth-order valence-corrected chi connectivity index (χ4v) is 4.39. The Morgan fingerprint density at radius 1 is 1.40 bits per heavy atom. The van der Waals surface area contributed by atoms with Crippen molar-refractivity contribution >= 4 is 41.7 Å². The molecule has 1 unspecified atom stereocenters. The second kappa shape index (κ2) is 11.1. The maximum Gasteiger partial charge on any atom is 0.230 e. The van der Waals surface area contributed by atoms with Crippen LogP contribution < -0.4 is 15.5 Å². The van der Waals surface area contributed by atoms with Gasteiger partial charge in [0, 0.05) is 46.0 Å². The Morgan fingerprint density at radius 3 is 2.77 bits per heavy atom. The van der Waals surface area contributed by atoms with Gasteiger partial charge in [-0.05, 0) is 38.3 Å². The minimum absolute atomic E-state index is 0. The molecule has 1 aliphatic heterocycles. The van der Waals surface area contributed by atoms with E-state index in [1.165, 1.54) is 6.07 Å². The summed E-state index contributed by atoms with van der Waals surface area (Å²) in [5, 5.41) is 6.76. The van der Waals surface area contributed by atoms with Crippen LogP contribution in [0.3, 0.4) is 0 Å². The van der Waals surface area contributed by atoms with E-state index in [2.05, 4.69) is 15.6 Å². The van der Waals surface area contributed by atoms with Gasteiger partial charge >= 0.3 is 0 Å².